The maximum absolute atomic E-state index is 12.4. The van der Waals surface area contributed by atoms with Crippen LogP contribution < -0.4 is 0 Å². The number of amides is 1. The van der Waals surface area contributed by atoms with Crippen molar-refractivity contribution < 1.29 is 9.90 Å². The Morgan fingerprint density at radius 1 is 1.30 bits per heavy atom. The Hall–Kier alpha value is -0.950. The first kappa shape index (κ1) is 16.9. The number of likely N-dealkylation sites (N-methyl/N-ethyl adjacent to an activating group) is 1. The number of hydrogen-bond acceptors (Lipinski definition) is 5. The molecule has 1 atom stereocenters. The van der Waals surface area contributed by atoms with E-state index in [1.54, 1.807) is 11.3 Å². The van der Waals surface area contributed by atoms with Crippen LogP contribution in [0.3, 0.4) is 0 Å². The Morgan fingerprint density at radius 3 is 2.78 bits per heavy atom. The molecule has 2 fully saturated rings. The fourth-order valence-corrected chi connectivity index (χ4v) is 4.17. The number of likely N-dealkylation sites (tertiary alicyclic amines) is 1. The SMILES string of the molecule is CN1CCN(CC2(O)CCN(C(=O)CCc3cccs3)C2)CC1. The molecule has 1 aromatic heterocycles. The molecule has 0 radical (unpaired) electrons. The molecule has 0 aromatic carbocycles. The predicted octanol–water partition coefficient (Wildman–Crippen LogP) is 0.892. The predicted molar refractivity (Wildman–Crippen MR) is 92.7 cm³/mol. The molecule has 0 saturated carbocycles. The molecule has 2 aliphatic rings. The first-order valence-corrected chi connectivity index (χ1v) is 9.35. The van der Waals surface area contributed by atoms with Crippen LogP contribution in [0.2, 0.25) is 0 Å². The van der Waals surface area contributed by atoms with Crippen LogP contribution in [0.4, 0.5) is 0 Å². The lowest BCUT2D eigenvalue weighted by Gasteiger charge is -2.36. The van der Waals surface area contributed by atoms with E-state index in [9.17, 15) is 9.90 Å². The minimum atomic E-state index is -0.728. The Bertz CT molecular complexity index is 514. The number of nitrogens with zero attached hydrogens (tertiary/aromatic N) is 3. The van der Waals surface area contributed by atoms with Gasteiger partial charge in [0.05, 0.1) is 12.1 Å². The number of aliphatic hydroxyl groups is 1. The Labute approximate surface area is 142 Å². The standard InChI is InChI=1S/C17H27N3O2S/c1-18-8-10-19(11-9-18)13-17(22)6-7-20(14-17)16(21)5-4-15-3-2-12-23-15/h2-3,12,22H,4-11,13-14H2,1H3. The second-order valence-electron chi connectivity index (χ2n) is 6.95. The van der Waals surface area contributed by atoms with E-state index in [2.05, 4.69) is 22.9 Å². The van der Waals surface area contributed by atoms with Crippen LogP contribution in [-0.2, 0) is 11.2 Å². The van der Waals surface area contributed by atoms with Gasteiger partial charge >= 0.3 is 0 Å². The van der Waals surface area contributed by atoms with E-state index in [-0.39, 0.29) is 5.91 Å². The highest BCUT2D eigenvalue weighted by atomic mass is 32.1. The van der Waals surface area contributed by atoms with Crippen molar-refractivity contribution in [2.75, 3.05) is 52.9 Å². The quantitative estimate of drug-likeness (QED) is 0.867. The molecule has 2 aliphatic heterocycles. The van der Waals surface area contributed by atoms with Gasteiger partial charge in [-0.05, 0) is 31.3 Å². The minimum absolute atomic E-state index is 0.174. The van der Waals surface area contributed by atoms with Gasteiger partial charge in [0.15, 0.2) is 0 Å². The molecular weight excluding hydrogens is 310 g/mol. The van der Waals surface area contributed by atoms with Crippen molar-refractivity contribution in [1.82, 2.24) is 14.7 Å². The third-order valence-corrected chi connectivity index (χ3v) is 5.90. The van der Waals surface area contributed by atoms with Crippen LogP contribution in [0.15, 0.2) is 17.5 Å². The molecule has 1 amide bonds. The molecule has 6 heteroatoms. The summed E-state index contributed by atoms with van der Waals surface area (Å²) in [5.41, 5.74) is -0.728. The molecule has 0 aliphatic carbocycles. The molecule has 1 aromatic rings. The Kier molecular flexibility index (Phi) is 5.36. The Morgan fingerprint density at radius 2 is 2.09 bits per heavy atom. The van der Waals surface area contributed by atoms with Gasteiger partial charge in [-0.1, -0.05) is 6.07 Å². The van der Waals surface area contributed by atoms with Gasteiger partial charge in [-0.25, -0.2) is 0 Å². The number of piperazine rings is 1. The molecule has 2 saturated heterocycles. The van der Waals surface area contributed by atoms with Crippen LogP contribution >= 0.6 is 11.3 Å². The van der Waals surface area contributed by atoms with E-state index in [0.29, 0.717) is 32.5 Å². The summed E-state index contributed by atoms with van der Waals surface area (Å²) in [5, 5.41) is 12.9. The highest BCUT2D eigenvalue weighted by Gasteiger charge is 2.39. The van der Waals surface area contributed by atoms with Crippen LogP contribution in [-0.4, -0.2) is 84.2 Å². The molecule has 3 rings (SSSR count). The molecule has 1 unspecified atom stereocenters. The van der Waals surface area contributed by atoms with Gasteiger partial charge < -0.3 is 14.9 Å². The fraction of sp³-hybridized carbons (Fsp3) is 0.706. The zero-order valence-corrected chi connectivity index (χ0v) is 14.7. The number of aryl methyl sites for hydroxylation is 1. The summed E-state index contributed by atoms with van der Waals surface area (Å²) in [7, 11) is 2.13. The van der Waals surface area contributed by atoms with Gasteiger partial charge in [0, 0.05) is 50.6 Å². The summed E-state index contributed by atoms with van der Waals surface area (Å²) in [6, 6.07) is 4.10. The molecule has 1 N–H and O–H groups in total. The lowest BCUT2D eigenvalue weighted by Crippen LogP contribution is -2.52. The lowest BCUT2D eigenvalue weighted by atomic mass is 10.0. The van der Waals surface area contributed by atoms with Crippen molar-refractivity contribution in [3.63, 3.8) is 0 Å². The molecule has 0 bridgehead atoms. The van der Waals surface area contributed by atoms with Crippen molar-refractivity contribution in [3.05, 3.63) is 22.4 Å². The topological polar surface area (TPSA) is 47.0 Å². The zero-order valence-electron chi connectivity index (χ0n) is 13.9. The fourth-order valence-electron chi connectivity index (χ4n) is 3.46. The minimum Gasteiger partial charge on any atom is -0.387 e. The maximum Gasteiger partial charge on any atom is 0.223 e. The summed E-state index contributed by atoms with van der Waals surface area (Å²) in [4.78, 5) is 20.1. The molecule has 3 heterocycles. The molecule has 0 spiro atoms. The molecule has 23 heavy (non-hydrogen) atoms. The highest BCUT2D eigenvalue weighted by molar-refractivity contribution is 7.09. The number of thiophene rings is 1. The summed E-state index contributed by atoms with van der Waals surface area (Å²) in [6.45, 7) is 5.99. The summed E-state index contributed by atoms with van der Waals surface area (Å²) in [6.07, 6.45) is 2.05. The molecule has 5 nitrogen and oxygen atoms in total. The average Bonchev–Trinajstić information content (AvgIpc) is 3.17. The normalized spacial score (nSPS) is 26.8. The van der Waals surface area contributed by atoms with E-state index in [1.165, 1.54) is 4.88 Å². The van der Waals surface area contributed by atoms with E-state index >= 15 is 0 Å². The third kappa shape index (κ3) is 4.53. The van der Waals surface area contributed by atoms with E-state index in [0.717, 1.165) is 32.6 Å². The van der Waals surface area contributed by atoms with Gasteiger partial charge in [0.25, 0.3) is 0 Å². The maximum atomic E-state index is 12.4. The number of hydrogen-bond donors (Lipinski definition) is 1. The van der Waals surface area contributed by atoms with Crippen LogP contribution in [0.25, 0.3) is 0 Å². The van der Waals surface area contributed by atoms with Crippen LogP contribution in [0.5, 0.6) is 0 Å². The van der Waals surface area contributed by atoms with Crippen molar-refractivity contribution in [1.29, 1.82) is 0 Å². The van der Waals surface area contributed by atoms with E-state index in [4.69, 9.17) is 0 Å². The van der Waals surface area contributed by atoms with Gasteiger partial charge in [-0.2, -0.15) is 0 Å². The van der Waals surface area contributed by atoms with Gasteiger partial charge in [-0.15, -0.1) is 11.3 Å². The van der Waals surface area contributed by atoms with Crippen LogP contribution in [0, 0.1) is 0 Å². The second kappa shape index (κ2) is 7.30. The number of rotatable bonds is 5. The average molecular weight is 337 g/mol. The number of β-amino-alcohol motifs (C(OH)–C–C–N with tert-alkyl or cyclic N) is 1. The van der Waals surface area contributed by atoms with Gasteiger partial charge in [0.2, 0.25) is 5.91 Å². The lowest BCUT2D eigenvalue weighted by molar-refractivity contribution is -0.131. The van der Waals surface area contributed by atoms with Crippen molar-refractivity contribution in [3.8, 4) is 0 Å². The third-order valence-electron chi connectivity index (χ3n) is 4.96. The summed E-state index contributed by atoms with van der Waals surface area (Å²) >= 11 is 1.70. The van der Waals surface area contributed by atoms with E-state index < -0.39 is 5.60 Å². The largest absolute Gasteiger partial charge is 0.387 e. The van der Waals surface area contributed by atoms with Crippen molar-refractivity contribution >= 4 is 17.2 Å². The summed E-state index contributed by atoms with van der Waals surface area (Å²) in [5.74, 6) is 0.174. The van der Waals surface area contributed by atoms with E-state index in [1.807, 2.05) is 16.3 Å². The zero-order chi connectivity index (χ0) is 16.3. The molecular formula is C17H27N3O2S. The smallest absolute Gasteiger partial charge is 0.223 e. The first-order chi connectivity index (χ1) is 11.0. The number of carbonyl (C=O) groups is 1. The monoisotopic (exact) mass is 337 g/mol. The second-order valence-corrected chi connectivity index (χ2v) is 7.98. The van der Waals surface area contributed by atoms with Gasteiger partial charge in [-0.3, -0.25) is 9.69 Å². The first-order valence-electron chi connectivity index (χ1n) is 8.48. The van der Waals surface area contributed by atoms with Gasteiger partial charge in [0.1, 0.15) is 0 Å². The highest BCUT2D eigenvalue weighted by Crippen LogP contribution is 2.24. The molecule has 128 valence electrons. The van der Waals surface area contributed by atoms with Crippen LogP contribution in [0.1, 0.15) is 17.7 Å². The number of carbonyl (C=O) groups excluding carboxylic acids is 1. The van der Waals surface area contributed by atoms with Crippen molar-refractivity contribution in [2.45, 2.75) is 24.9 Å². The Balaban J connectivity index is 1.45. The van der Waals surface area contributed by atoms with Crippen molar-refractivity contribution in [2.24, 2.45) is 0 Å². The summed E-state index contributed by atoms with van der Waals surface area (Å²) < 4.78 is 0.